The molecular weight excluding hydrogens is 278 g/mol. The van der Waals surface area contributed by atoms with Crippen molar-refractivity contribution in [2.45, 2.75) is 77.2 Å². The van der Waals surface area contributed by atoms with Crippen molar-refractivity contribution in [1.29, 1.82) is 0 Å². The normalized spacial score (nSPS) is 24.6. The number of aromatic nitrogens is 2. The molecule has 1 aromatic rings. The van der Waals surface area contributed by atoms with Crippen LogP contribution in [0.3, 0.4) is 0 Å². The highest BCUT2D eigenvalue weighted by Crippen LogP contribution is 2.35. The highest BCUT2D eigenvalue weighted by molar-refractivity contribution is 5.79. The van der Waals surface area contributed by atoms with Crippen LogP contribution in [0.4, 0.5) is 0 Å². The van der Waals surface area contributed by atoms with Crippen molar-refractivity contribution in [2.24, 2.45) is 5.92 Å². The molecule has 0 aromatic carbocycles. The van der Waals surface area contributed by atoms with E-state index in [-0.39, 0.29) is 12.0 Å². The Labute approximate surface area is 132 Å². The van der Waals surface area contributed by atoms with E-state index in [1.165, 1.54) is 12.8 Å². The number of likely N-dealkylation sites (tertiary alicyclic amines) is 1. The van der Waals surface area contributed by atoms with Gasteiger partial charge >= 0.3 is 0 Å². The Balaban J connectivity index is 1.77. The van der Waals surface area contributed by atoms with Gasteiger partial charge in [-0.1, -0.05) is 31.8 Å². The minimum atomic E-state index is -0.00726. The van der Waals surface area contributed by atoms with E-state index in [9.17, 15) is 4.79 Å². The third-order valence-corrected chi connectivity index (χ3v) is 5.29. The number of carbonyl (C=O) groups is 1. The third kappa shape index (κ3) is 3.03. The van der Waals surface area contributed by atoms with Gasteiger partial charge in [0.15, 0.2) is 5.82 Å². The first kappa shape index (κ1) is 15.5. The molecule has 1 amide bonds. The molecule has 122 valence electrons. The molecule has 2 aliphatic rings. The van der Waals surface area contributed by atoms with Gasteiger partial charge in [-0.15, -0.1) is 0 Å². The van der Waals surface area contributed by atoms with E-state index in [1.54, 1.807) is 0 Å². The lowest BCUT2D eigenvalue weighted by Gasteiger charge is -2.35. The summed E-state index contributed by atoms with van der Waals surface area (Å²) in [5.41, 5.74) is 0. The number of rotatable bonds is 4. The van der Waals surface area contributed by atoms with Gasteiger partial charge in [0, 0.05) is 18.4 Å². The van der Waals surface area contributed by atoms with E-state index < -0.39 is 0 Å². The molecule has 1 saturated carbocycles. The molecule has 0 spiro atoms. The number of hydrogen-bond acceptors (Lipinski definition) is 4. The van der Waals surface area contributed by atoms with E-state index in [1.807, 2.05) is 4.90 Å². The molecular formula is C17H27N3O2. The molecule has 2 heterocycles. The number of hydrogen-bond donors (Lipinski definition) is 0. The molecule has 0 bridgehead atoms. The van der Waals surface area contributed by atoms with Crippen LogP contribution in [-0.4, -0.2) is 27.5 Å². The van der Waals surface area contributed by atoms with Crippen molar-refractivity contribution in [1.82, 2.24) is 15.0 Å². The highest BCUT2D eigenvalue weighted by Gasteiger charge is 2.36. The van der Waals surface area contributed by atoms with Crippen LogP contribution < -0.4 is 0 Å². The number of carbonyl (C=O) groups excluding carboxylic acids is 1. The van der Waals surface area contributed by atoms with Gasteiger partial charge < -0.3 is 9.42 Å². The lowest BCUT2D eigenvalue weighted by molar-refractivity contribution is -0.140. The molecule has 1 aromatic heterocycles. The van der Waals surface area contributed by atoms with Crippen LogP contribution in [0.2, 0.25) is 0 Å². The number of nitrogens with zero attached hydrogens (tertiary/aromatic N) is 3. The van der Waals surface area contributed by atoms with Crippen LogP contribution in [-0.2, 0) is 4.79 Å². The molecule has 1 aliphatic carbocycles. The average Bonchev–Trinajstić information content (AvgIpc) is 3.25. The topological polar surface area (TPSA) is 59.2 Å². The Morgan fingerprint density at radius 1 is 1.27 bits per heavy atom. The van der Waals surface area contributed by atoms with Crippen molar-refractivity contribution in [3.63, 3.8) is 0 Å². The monoisotopic (exact) mass is 305 g/mol. The molecule has 0 unspecified atom stereocenters. The van der Waals surface area contributed by atoms with Crippen molar-refractivity contribution >= 4 is 5.91 Å². The van der Waals surface area contributed by atoms with E-state index in [0.717, 1.165) is 50.9 Å². The molecule has 1 saturated heterocycles. The largest absolute Gasteiger partial charge is 0.337 e. The molecule has 0 N–H and O–H groups in total. The van der Waals surface area contributed by atoms with Crippen LogP contribution in [0.5, 0.6) is 0 Å². The van der Waals surface area contributed by atoms with E-state index >= 15 is 0 Å². The maximum Gasteiger partial charge on any atom is 0.249 e. The molecule has 22 heavy (non-hydrogen) atoms. The second-order valence-corrected chi connectivity index (χ2v) is 6.82. The van der Waals surface area contributed by atoms with Gasteiger partial charge in [0.2, 0.25) is 11.8 Å². The fraction of sp³-hybridized carbons (Fsp3) is 0.824. The van der Waals surface area contributed by atoms with Gasteiger partial charge in [0.1, 0.15) is 6.04 Å². The lowest BCUT2D eigenvalue weighted by Crippen LogP contribution is -2.41. The summed E-state index contributed by atoms with van der Waals surface area (Å²) < 4.78 is 5.52. The minimum absolute atomic E-state index is 0.00726. The predicted molar refractivity (Wildman–Crippen MR) is 83.3 cm³/mol. The summed E-state index contributed by atoms with van der Waals surface area (Å²) in [6.45, 7) is 5.06. The molecule has 0 radical (unpaired) electrons. The zero-order valence-electron chi connectivity index (χ0n) is 13.8. The maximum absolute atomic E-state index is 12.8. The van der Waals surface area contributed by atoms with Gasteiger partial charge in [0.05, 0.1) is 0 Å². The maximum atomic E-state index is 12.8. The fourth-order valence-electron chi connectivity index (χ4n) is 3.62. The highest BCUT2D eigenvalue weighted by atomic mass is 16.5. The molecule has 5 nitrogen and oxygen atoms in total. The van der Waals surface area contributed by atoms with E-state index in [0.29, 0.717) is 17.7 Å². The van der Waals surface area contributed by atoms with Gasteiger partial charge in [-0.2, -0.15) is 4.98 Å². The zero-order chi connectivity index (χ0) is 15.5. The Bertz CT molecular complexity index is 508. The summed E-state index contributed by atoms with van der Waals surface area (Å²) in [4.78, 5) is 19.4. The summed E-state index contributed by atoms with van der Waals surface area (Å²) in [5, 5.41) is 4.13. The van der Waals surface area contributed by atoms with Crippen LogP contribution in [0.1, 0.15) is 88.9 Å². The summed E-state index contributed by atoms with van der Waals surface area (Å²) in [6, 6.07) is -0.00726. The Morgan fingerprint density at radius 2 is 2.00 bits per heavy atom. The number of amides is 1. The average molecular weight is 305 g/mol. The van der Waals surface area contributed by atoms with Crippen LogP contribution >= 0.6 is 0 Å². The van der Waals surface area contributed by atoms with Crippen LogP contribution in [0, 0.1) is 5.92 Å². The molecule has 3 rings (SSSR count). The van der Waals surface area contributed by atoms with Gasteiger partial charge in [-0.25, -0.2) is 0 Å². The molecule has 2 atom stereocenters. The molecule has 5 heteroatoms. The van der Waals surface area contributed by atoms with Gasteiger partial charge in [-0.05, 0) is 38.5 Å². The quantitative estimate of drug-likeness (QED) is 0.848. The SMILES string of the molecule is CC[C@@H](C)c1noc([C@@H]2CCCCN2C(=O)C2CCCC2)n1. The van der Waals surface area contributed by atoms with E-state index in [2.05, 4.69) is 24.0 Å². The first-order valence-electron chi connectivity index (χ1n) is 8.84. The predicted octanol–water partition coefficient (Wildman–Crippen LogP) is 3.83. The summed E-state index contributed by atoms with van der Waals surface area (Å²) in [6.07, 6.45) is 8.62. The Morgan fingerprint density at radius 3 is 2.73 bits per heavy atom. The Kier molecular flexibility index (Phi) is 4.79. The van der Waals surface area contributed by atoms with E-state index in [4.69, 9.17) is 4.52 Å². The lowest BCUT2D eigenvalue weighted by atomic mass is 9.98. The second kappa shape index (κ2) is 6.80. The smallest absolute Gasteiger partial charge is 0.249 e. The summed E-state index contributed by atoms with van der Waals surface area (Å²) >= 11 is 0. The van der Waals surface area contributed by atoms with Crippen LogP contribution in [0.15, 0.2) is 4.52 Å². The van der Waals surface area contributed by atoms with Gasteiger partial charge in [0.25, 0.3) is 0 Å². The van der Waals surface area contributed by atoms with Crippen molar-refractivity contribution < 1.29 is 9.32 Å². The number of piperidine rings is 1. The molecule has 1 aliphatic heterocycles. The zero-order valence-corrected chi connectivity index (χ0v) is 13.8. The fourth-order valence-corrected chi connectivity index (χ4v) is 3.62. The Hall–Kier alpha value is -1.39. The van der Waals surface area contributed by atoms with Gasteiger partial charge in [-0.3, -0.25) is 4.79 Å². The van der Waals surface area contributed by atoms with Crippen molar-refractivity contribution in [3.05, 3.63) is 11.7 Å². The minimum Gasteiger partial charge on any atom is -0.337 e. The standard InChI is InChI=1S/C17H27N3O2/c1-3-12(2)15-18-16(22-19-15)14-10-6-7-11-20(14)17(21)13-8-4-5-9-13/h12-14H,3-11H2,1-2H3/t12-,14+/m1/s1. The molecule has 2 fully saturated rings. The van der Waals surface area contributed by atoms with Crippen molar-refractivity contribution in [2.75, 3.05) is 6.54 Å². The summed E-state index contributed by atoms with van der Waals surface area (Å²) in [5.74, 6) is 2.25. The second-order valence-electron chi connectivity index (χ2n) is 6.82. The first-order valence-corrected chi connectivity index (χ1v) is 8.84. The third-order valence-electron chi connectivity index (χ3n) is 5.29. The van der Waals surface area contributed by atoms with Crippen LogP contribution in [0.25, 0.3) is 0 Å². The first-order chi connectivity index (χ1) is 10.7. The summed E-state index contributed by atoms with van der Waals surface area (Å²) in [7, 11) is 0. The van der Waals surface area contributed by atoms with Crippen molar-refractivity contribution in [3.8, 4) is 0 Å².